The summed E-state index contributed by atoms with van der Waals surface area (Å²) in [5, 5.41) is 4.21. The van der Waals surface area contributed by atoms with Crippen LogP contribution >= 0.6 is 0 Å². The van der Waals surface area contributed by atoms with Crippen molar-refractivity contribution in [2.45, 2.75) is 38.8 Å². The Kier molecular flexibility index (Phi) is 6.17. The van der Waals surface area contributed by atoms with Crippen LogP contribution in [0.5, 0.6) is 0 Å². The fourth-order valence-electron chi connectivity index (χ4n) is 4.26. The zero-order chi connectivity index (χ0) is 21.8. The van der Waals surface area contributed by atoms with E-state index < -0.39 is 0 Å². The summed E-state index contributed by atoms with van der Waals surface area (Å²) < 4.78 is 16.3. The van der Waals surface area contributed by atoms with Crippen molar-refractivity contribution in [2.24, 2.45) is 0 Å². The number of aryl methyl sites for hydroxylation is 1. The maximum absolute atomic E-state index is 14.1. The normalized spacial score (nSPS) is 13.1. The molecule has 31 heavy (non-hydrogen) atoms. The number of benzene rings is 3. The van der Waals surface area contributed by atoms with Crippen LogP contribution in [0.15, 0.2) is 85.1 Å². The van der Waals surface area contributed by atoms with Crippen molar-refractivity contribution >= 4 is 16.8 Å². The van der Waals surface area contributed by atoms with Crippen molar-refractivity contribution in [1.29, 1.82) is 0 Å². The lowest BCUT2D eigenvalue weighted by atomic mass is 9.87. The number of halogens is 1. The third-order valence-corrected chi connectivity index (χ3v) is 5.85. The van der Waals surface area contributed by atoms with E-state index in [-0.39, 0.29) is 30.1 Å². The zero-order valence-corrected chi connectivity index (χ0v) is 17.9. The molecule has 0 aliphatic carbocycles. The average Bonchev–Trinajstić information content (AvgIpc) is 3.16. The molecular weight excluding hydrogens is 387 g/mol. The molecule has 0 bridgehead atoms. The van der Waals surface area contributed by atoms with Crippen LogP contribution < -0.4 is 5.32 Å². The molecule has 158 valence electrons. The van der Waals surface area contributed by atoms with Gasteiger partial charge in [-0.1, -0.05) is 60.7 Å². The largest absolute Gasteiger partial charge is 0.350 e. The lowest BCUT2D eigenvalue weighted by Crippen LogP contribution is -2.28. The van der Waals surface area contributed by atoms with Crippen LogP contribution in [-0.2, 0) is 11.3 Å². The Hall–Kier alpha value is -3.40. The van der Waals surface area contributed by atoms with Crippen LogP contribution in [0.25, 0.3) is 10.9 Å². The fraction of sp³-hybridized carbons (Fsp3) is 0.222. The Labute approximate surface area is 182 Å². The highest BCUT2D eigenvalue weighted by molar-refractivity contribution is 5.86. The molecule has 0 radical (unpaired) electrons. The lowest BCUT2D eigenvalue weighted by molar-refractivity contribution is -0.121. The van der Waals surface area contributed by atoms with Crippen molar-refractivity contribution < 1.29 is 9.18 Å². The predicted octanol–water partition coefficient (Wildman–Crippen LogP) is 6.20. The summed E-state index contributed by atoms with van der Waals surface area (Å²) in [6.07, 6.45) is 2.35. The third-order valence-electron chi connectivity index (χ3n) is 5.85. The summed E-state index contributed by atoms with van der Waals surface area (Å²) in [7, 11) is 0. The molecule has 4 aromatic rings. The molecule has 3 aromatic carbocycles. The van der Waals surface area contributed by atoms with E-state index in [9.17, 15) is 9.18 Å². The van der Waals surface area contributed by atoms with Gasteiger partial charge in [-0.3, -0.25) is 4.79 Å². The second kappa shape index (κ2) is 9.17. The smallest absolute Gasteiger partial charge is 0.221 e. The first-order valence-electron chi connectivity index (χ1n) is 10.7. The highest BCUT2D eigenvalue weighted by atomic mass is 19.1. The SMILES string of the molecule is CCn1cc([C@@H](CC(=O)N[C@H](C)c2ccccc2)c2cccc(F)c2)c2ccccc21. The molecule has 0 aliphatic heterocycles. The number of nitrogens with one attached hydrogen (secondary N) is 1. The number of carbonyl (C=O) groups is 1. The summed E-state index contributed by atoms with van der Waals surface area (Å²) in [5.41, 5.74) is 4.03. The molecule has 1 amide bonds. The Bertz CT molecular complexity index is 1180. The van der Waals surface area contributed by atoms with E-state index in [1.807, 2.05) is 55.5 Å². The number of para-hydroxylation sites is 1. The molecule has 2 atom stereocenters. The summed E-state index contributed by atoms with van der Waals surface area (Å²) in [6.45, 7) is 4.91. The quantitative estimate of drug-likeness (QED) is 0.384. The van der Waals surface area contributed by atoms with Crippen LogP contribution in [-0.4, -0.2) is 10.5 Å². The van der Waals surface area contributed by atoms with Gasteiger partial charge >= 0.3 is 0 Å². The van der Waals surface area contributed by atoms with Crippen LogP contribution in [0.3, 0.4) is 0 Å². The molecule has 0 unspecified atom stereocenters. The minimum absolute atomic E-state index is 0.0565. The number of carbonyl (C=O) groups excluding carboxylic acids is 1. The molecule has 0 saturated carbocycles. The molecule has 0 saturated heterocycles. The summed E-state index contributed by atoms with van der Waals surface area (Å²) in [4.78, 5) is 13.1. The summed E-state index contributed by atoms with van der Waals surface area (Å²) in [6, 6.07) is 24.6. The molecule has 1 heterocycles. The maximum atomic E-state index is 14.1. The van der Waals surface area contributed by atoms with E-state index in [2.05, 4.69) is 35.1 Å². The Morgan fingerprint density at radius 3 is 2.42 bits per heavy atom. The van der Waals surface area contributed by atoms with Crippen molar-refractivity contribution in [3.63, 3.8) is 0 Å². The van der Waals surface area contributed by atoms with E-state index >= 15 is 0 Å². The minimum atomic E-state index is -0.292. The first-order chi connectivity index (χ1) is 15.1. The van der Waals surface area contributed by atoms with Gasteiger partial charge in [-0.05, 0) is 48.7 Å². The number of nitrogens with zero attached hydrogens (tertiary/aromatic N) is 1. The molecule has 0 fully saturated rings. The van der Waals surface area contributed by atoms with E-state index in [4.69, 9.17) is 0 Å². The first-order valence-corrected chi connectivity index (χ1v) is 10.7. The van der Waals surface area contributed by atoms with Crippen molar-refractivity contribution in [1.82, 2.24) is 9.88 Å². The Morgan fingerprint density at radius 2 is 1.68 bits per heavy atom. The van der Waals surface area contributed by atoms with Crippen LogP contribution in [0.1, 0.15) is 48.9 Å². The monoisotopic (exact) mass is 414 g/mol. The lowest BCUT2D eigenvalue weighted by Gasteiger charge is -2.20. The standard InChI is InChI=1S/C27H27FN2O/c1-3-30-18-25(23-14-7-8-15-26(23)30)24(21-12-9-13-22(28)16-21)17-27(31)29-19(2)20-10-5-4-6-11-20/h4-16,18-19,24H,3,17H2,1-2H3,(H,29,31)/t19-,24+/m1/s1. The molecule has 0 spiro atoms. The predicted molar refractivity (Wildman–Crippen MR) is 123 cm³/mol. The number of amides is 1. The topological polar surface area (TPSA) is 34.0 Å². The van der Waals surface area contributed by atoms with Gasteiger partial charge in [-0.15, -0.1) is 0 Å². The van der Waals surface area contributed by atoms with Gasteiger partial charge < -0.3 is 9.88 Å². The Morgan fingerprint density at radius 1 is 0.968 bits per heavy atom. The van der Waals surface area contributed by atoms with E-state index in [1.54, 1.807) is 6.07 Å². The van der Waals surface area contributed by atoms with Crippen LogP contribution in [0.2, 0.25) is 0 Å². The van der Waals surface area contributed by atoms with Gasteiger partial charge in [0.05, 0.1) is 6.04 Å². The second-order valence-corrected chi connectivity index (χ2v) is 7.90. The summed E-state index contributed by atoms with van der Waals surface area (Å²) >= 11 is 0. The molecule has 0 aliphatic rings. The first kappa shape index (κ1) is 20.9. The van der Waals surface area contributed by atoms with E-state index in [1.165, 1.54) is 12.1 Å². The highest BCUT2D eigenvalue weighted by Crippen LogP contribution is 2.35. The average molecular weight is 415 g/mol. The number of hydrogen-bond acceptors (Lipinski definition) is 1. The highest BCUT2D eigenvalue weighted by Gasteiger charge is 2.23. The van der Waals surface area contributed by atoms with Gasteiger partial charge in [0.15, 0.2) is 0 Å². The fourth-order valence-corrected chi connectivity index (χ4v) is 4.26. The number of hydrogen-bond donors (Lipinski definition) is 1. The van der Waals surface area contributed by atoms with E-state index in [0.717, 1.165) is 34.1 Å². The number of fused-ring (bicyclic) bond motifs is 1. The Balaban J connectivity index is 1.69. The molecule has 3 nitrogen and oxygen atoms in total. The molecule has 4 rings (SSSR count). The van der Waals surface area contributed by atoms with Crippen molar-refractivity contribution in [2.75, 3.05) is 0 Å². The summed E-state index contributed by atoms with van der Waals surface area (Å²) in [5.74, 6) is -0.588. The third kappa shape index (κ3) is 4.53. The molecule has 1 aromatic heterocycles. The number of rotatable bonds is 7. The van der Waals surface area contributed by atoms with Crippen LogP contribution in [0.4, 0.5) is 4.39 Å². The van der Waals surface area contributed by atoms with Crippen molar-refractivity contribution in [3.8, 4) is 0 Å². The number of aromatic nitrogens is 1. The van der Waals surface area contributed by atoms with Gasteiger partial charge in [0.1, 0.15) is 5.82 Å². The maximum Gasteiger partial charge on any atom is 0.221 e. The van der Waals surface area contributed by atoms with Crippen LogP contribution in [0, 0.1) is 5.82 Å². The van der Waals surface area contributed by atoms with Gasteiger partial charge in [-0.2, -0.15) is 0 Å². The molecule has 1 N–H and O–H groups in total. The van der Waals surface area contributed by atoms with Gasteiger partial charge in [0.25, 0.3) is 0 Å². The van der Waals surface area contributed by atoms with Gasteiger partial charge in [-0.25, -0.2) is 4.39 Å². The zero-order valence-electron chi connectivity index (χ0n) is 17.9. The molecule has 4 heteroatoms. The van der Waals surface area contributed by atoms with Gasteiger partial charge in [0.2, 0.25) is 5.91 Å². The van der Waals surface area contributed by atoms with E-state index in [0.29, 0.717) is 0 Å². The molecular formula is C27H27FN2O. The second-order valence-electron chi connectivity index (χ2n) is 7.90. The van der Waals surface area contributed by atoms with Crippen molar-refractivity contribution in [3.05, 3.63) is 108 Å². The minimum Gasteiger partial charge on any atom is -0.350 e. The van der Waals surface area contributed by atoms with Gasteiger partial charge in [0, 0.05) is 36.0 Å².